The predicted octanol–water partition coefficient (Wildman–Crippen LogP) is 2.18. The van der Waals surface area contributed by atoms with Gasteiger partial charge in [0.1, 0.15) is 5.82 Å². The molecule has 1 aromatic carbocycles. The van der Waals surface area contributed by atoms with E-state index in [2.05, 4.69) is 26.6 Å². The van der Waals surface area contributed by atoms with Gasteiger partial charge in [-0.1, -0.05) is 0 Å². The second-order valence-corrected chi connectivity index (χ2v) is 4.00. The first-order chi connectivity index (χ1) is 7.99. The molecule has 0 aliphatic heterocycles. The first-order valence-corrected chi connectivity index (χ1v) is 5.50. The Balaban J connectivity index is 2.48. The molecule has 0 heterocycles. The van der Waals surface area contributed by atoms with Crippen molar-refractivity contribution in [2.75, 3.05) is 11.9 Å². The van der Waals surface area contributed by atoms with Crippen molar-refractivity contribution in [1.82, 2.24) is 5.32 Å². The van der Waals surface area contributed by atoms with Gasteiger partial charge < -0.3 is 15.7 Å². The Kier molecular flexibility index (Phi) is 4.89. The molecule has 0 aromatic heterocycles. The largest absolute Gasteiger partial charge is 0.481 e. The molecule has 0 fully saturated rings. The van der Waals surface area contributed by atoms with Gasteiger partial charge >= 0.3 is 12.0 Å². The van der Waals surface area contributed by atoms with E-state index >= 15 is 0 Å². The summed E-state index contributed by atoms with van der Waals surface area (Å²) in [6, 6.07) is 3.28. The topological polar surface area (TPSA) is 78.4 Å². The number of nitrogens with one attached hydrogen (secondary N) is 2. The number of hydrogen-bond donors (Lipinski definition) is 3. The van der Waals surface area contributed by atoms with Crippen molar-refractivity contribution in [3.8, 4) is 0 Å². The van der Waals surface area contributed by atoms with Crippen LogP contribution in [-0.4, -0.2) is 23.7 Å². The van der Waals surface area contributed by atoms with Crippen molar-refractivity contribution < 1.29 is 19.1 Å². The van der Waals surface area contributed by atoms with Gasteiger partial charge in [-0.2, -0.15) is 0 Å². The molecular formula is C10H10BrFN2O3. The van der Waals surface area contributed by atoms with E-state index in [0.29, 0.717) is 10.2 Å². The molecule has 7 heteroatoms. The Hall–Kier alpha value is -1.63. The van der Waals surface area contributed by atoms with Crippen LogP contribution in [0.4, 0.5) is 14.9 Å². The van der Waals surface area contributed by atoms with Crippen LogP contribution in [0.2, 0.25) is 0 Å². The minimum Gasteiger partial charge on any atom is -0.481 e. The molecule has 92 valence electrons. The van der Waals surface area contributed by atoms with E-state index in [1.165, 1.54) is 18.2 Å². The van der Waals surface area contributed by atoms with E-state index < -0.39 is 17.8 Å². The fraction of sp³-hybridized carbons (Fsp3) is 0.200. The van der Waals surface area contributed by atoms with E-state index in [0.717, 1.165) is 0 Å². The molecule has 0 aliphatic rings. The molecule has 1 aromatic rings. The van der Waals surface area contributed by atoms with E-state index in [1.807, 2.05) is 0 Å². The van der Waals surface area contributed by atoms with Gasteiger partial charge in [-0.3, -0.25) is 4.79 Å². The maximum absolute atomic E-state index is 12.8. The summed E-state index contributed by atoms with van der Waals surface area (Å²) in [6.45, 7) is 0.0278. The molecule has 0 saturated carbocycles. The summed E-state index contributed by atoms with van der Waals surface area (Å²) in [7, 11) is 0. The molecule has 17 heavy (non-hydrogen) atoms. The summed E-state index contributed by atoms with van der Waals surface area (Å²) in [5, 5.41) is 13.2. The predicted molar refractivity (Wildman–Crippen MR) is 63.4 cm³/mol. The van der Waals surface area contributed by atoms with E-state index in [4.69, 9.17) is 5.11 Å². The lowest BCUT2D eigenvalue weighted by atomic mass is 10.3. The van der Waals surface area contributed by atoms with Crippen molar-refractivity contribution >= 4 is 33.6 Å². The minimum atomic E-state index is -0.992. The molecule has 0 bridgehead atoms. The van der Waals surface area contributed by atoms with Crippen LogP contribution in [0.25, 0.3) is 0 Å². The average Bonchev–Trinajstić information content (AvgIpc) is 2.21. The molecule has 0 unspecified atom stereocenters. The van der Waals surface area contributed by atoms with Crippen molar-refractivity contribution in [3.63, 3.8) is 0 Å². The third-order valence-corrected chi connectivity index (χ3v) is 2.46. The second-order valence-electron chi connectivity index (χ2n) is 3.15. The molecule has 0 aliphatic carbocycles. The zero-order chi connectivity index (χ0) is 12.8. The number of benzene rings is 1. The van der Waals surface area contributed by atoms with Crippen LogP contribution in [0, 0.1) is 5.82 Å². The van der Waals surface area contributed by atoms with Crippen LogP contribution in [0.3, 0.4) is 0 Å². The number of carboxylic acid groups (broad SMARTS) is 1. The Morgan fingerprint density at radius 1 is 1.41 bits per heavy atom. The number of rotatable bonds is 4. The lowest BCUT2D eigenvalue weighted by Crippen LogP contribution is -2.30. The quantitative estimate of drug-likeness (QED) is 0.798. The van der Waals surface area contributed by atoms with Crippen LogP contribution in [0.1, 0.15) is 6.42 Å². The van der Waals surface area contributed by atoms with Gasteiger partial charge in [0.25, 0.3) is 0 Å². The Morgan fingerprint density at radius 2 is 2.12 bits per heavy atom. The third-order valence-electron chi connectivity index (χ3n) is 1.80. The number of amides is 2. The van der Waals surface area contributed by atoms with E-state index in [-0.39, 0.29) is 13.0 Å². The van der Waals surface area contributed by atoms with E-state index in [1.54, 1.807) is 0 Å². The number of carbonyl (C=O) groups excluding carboxylic acids is 1. The molecule has 2 amide bonds. The number of hydrogen-bond acceptors (Lipinski definition) is 2. The summed E-state index contributed by atoms with van der Waals surface area (Å²) >= 11 is 3.09. The molecule has 5 nitrogen and oxygen atoms in total. The first-order valence-electron chi connectivity index (χ1n) is 4.70. The van der Waals surface area contributed by atoms with Crippen LogP contribution in [0.5, 0.6) is 0 Å². The summed E-state index contributed by atoms with van der Waals surface area (Å²) in [5.74, 6) is -1.41. The fourth-order valence-electron chi connectivity index (χ4n) is 1.04. The standard InChI is InChI=1S/C10H10BrFN2O3/c11-7-5-6(12)1-2-8(7)14-10(17)13-4-3-9(15)16/h1-2,5H,3-4H2,(H,15,16)(H2,13,14,17). The summed E-state index contributed by atoms with van der Waals surface area (Å²) in [6.07, 6.45) is -0.155. The van der Waals surface area contributed by atoms with Crippen molar-refractivity contribution in [1.29, 1.82) is 0 Å². The lowest BCUT2D eigenvalue weighted by Gasteiger charge is -2.08. The number of urea groups is 1. The highest BCUT2D eigenvalue weighted by Crippen LogP contribution is 2.22. The molecule has 0 radical (unpaired) electrons. The Morgan fingerprint density at radius 3 is 2.71 bits per heavy atom. The minimum absolute atomic E-state index is 0.0278. The van der Waals surface area contributed by atoms with Gasteiger partial charge in [0.05, 0.1) is 12.1 Å². The monoisotopic (exact) mass is 304 g/mol. The normalized spacial score (nSPS) is 9.76. The highest BCUT2D eigenvalue weighted by atomic mass is 79.9. The molecule has 0 saturated heterocycles. The van der Waals surface area contributed by atoms with Crippen molar-refractivity contribution in [3.05, 3.63) is 28.5 Å². The van der Waals surface area contributed by atoms with Crippen molar-refractivity contribution in [2.45, 2.75) is 6.42 Å². The average molecular weight is 305 g/mol. The van der Waals surface area contributed by atoms with Gasteiger partial charge in [-0.05, 0) is 34.1 Å². The van der Waals surface area contributed by atoms with Gasteiger partial charge in [-0.15, -0.1) is 0 Å². The van der Waals surface area contributed by atoms with Crippen LogP contribution >= 0.6 is 15.9 Å². The molecule has 0 atom stereocenters. The third kappa shape index (κ3) is 4.81. The Bertz CT molecular complexity index is 440. The van der Waals surface area contributed by atoms with Gasteiger partial charge in [0, 0.05) is 11.0 Å². The van der Waals surface area contributed by atoms with Crippen LogP contribution in [0.15, 0.2) is 22.7 Å². The lowest BCUT2D eigenvalue weighted by molar-refractivity contribution is -0.136. The molecule has 0 spiro atoms. The Labute approximate surface area is 105 Å². The van der Waals surface area contributed by atoms with Gasteiger partial charge in [0.2, 0.25) is 0 Å². The molecule has 3 N–H and O–H groups in total. The SMILES string of the molecule is O=C(O)CCNC(=O)Nc1ccc(F)cc1Br. The van der Waals surface area contributed by atoms with E-state index in [9.17, 15) is 14.0 Å². The number of aliphatic carboxylic acids is 1. The van der Waals surface area contributed by atoms with Gasteiger partial charge in [0.15, 0.2) is 0 Å². The number of anilines is 1. The van der Waals surface area contributed by atoms with Crippen LogP contribution in [-0.2, 0) is 4.79 Å². The zero-order valence-electron chi connectivity index (χ0n) is 8.67. The summed E-state index contributed by atoms with van der Waals surface area (Å²) in [5.41, 5.74) is 0.402. The molecule has 1 rings (SSSR count). The first kappa shape index (κ1) is 13.4. The molecular weight excluding hydrogens is 295 g/mol. The highest BCUT2D eigenvalue weighted by molar-refractivity contribution is 9.10. The summed E-state index contributed by atoms with van der Waals surface area (Å²) in [4.78, 5) is 21.5. The smallest absolute Gasteiger partial charge is 0.319 e. The number of halogens is 2. The number of carboxylic acids is 1. The zero-order valence-corrected chi connectivity index (χ0v) is 10.3. The van der Waals surface area contributed by atoms with Crippen molar-refractivity contribution in [2.24, 2.45) is 0 Å². The maximum atomic E-state index is 12.8. The summed E-state index contributed by atoms with van der Waals surface area (Å²) < 4.78 is 13.2. The fourth-order valence-corrected chi connectivity index (χ4v) is 1.49. The highest BCUT2D eigenvalue weighted by Gasteiger charge is 2.06. The maximum Gasteiger partial charge on any atom is 0.319 e. The van der Waals surface area contributed by atoms with Crippen LogP contribution < -0.4 is 10.6 Å². The number of carbonyl (C=O) groups is 2. The van der Waals surface area contributed by atoms with Gasteiger partial charge in [-0.25, -0.2) is 9.18 Å². The second kappa shape index (κ2) is 6.19.